The summed E-state index contributed by atoms with van der Waals surface area (Å²) < 4.78 is 16.6. The van der Waals surface area contributed by atoms with Gasteiger partial charge in [0.05, 0.1) is 0 Å². The van der Waals surface area contributed by atoms with E-state index in [0.29, 0.717) is 19.3 Å². The highest BCUT2D eigenvalue weighted by atomic mass is 16.6. The lowest BCUT2D eigenvalue weighted by atomic mass is 10.1. The average molecular weight is 871 g/mol. The maximum Gasteiger partial charge on any atom is 0.306 e. The number of hydrogen-bond acceptors (Lipinski definition) is 6. The minimum absolute atomic E-state index is 0.100. The first-order valence-electron chi connectivity index (χ1n) is 25.0. The van der Waals surface area contributed by atoms with Crippen molar-refractivity contribution in [1.82, 2.24) is 0 Å². The molecule has 0 aliphatic rings. The van der Waals surface area contributed by atoms with Gasteiger partial charge in [-0.2, -0.15) is 0 Å². The topological polar surface area (TPSA) is 78.9 Å². The van der Waals surface area contributed by atoms with Gasteiger partial charge in [-0.15, -0.1) is 0 Å². The van der Waals surface area contributed by atoms with E-state index in [4.69, 9.17) is 14.2 Å². The van der Waals surface area contributed by atoms with Crippen LogP contribution in [0, 0.1) is 0 Å². The fraction of sp³-hybridized carbons (Fsp3) is 0.596. The third-order valence-electron chi connectivity index (χ3n) is 9.96. The molecule has 0 amide bonds. The van der Waals surface area contributed by atoms with Crippen LogP contribution in [0.5, 0.6) is 0 Å². The van der Waals surface area contributed by atoms with E-state index in [9.17, 15) is 14.4 Å². The minimum atomic E-state index is -0.800. The lowest BCUT2D eigenvalue weighted by Crippen LogP contribution is -2.30. The third-order valence-corrected chi connectivity index (χ3v) is 9.96. The van der Waals surface area contributed by atoms with Crippen LogP contribution in [0.2, 0.25) is 0 Å². The molecule has 0 saturated heterocycles. The molecule has 0 fully saturated rings. The minimum Gasteiger partial charge on any atom is -0.462 e. The third kappa shape index (κ3) is 48.7. The highest BCUT2D eigenvalue weighted by Crippen LogP contribution is 2.12. The van der Waals surface area contributed by atoms with Crippen molar-refractivity contribution in [3.8, 4) is 0 Å². The Bertz CT molecular complexity index is 1370. The summed E-state index contributed by atoms with van der Waals surface area (Å²) >= 11 is 0. The molecule has 0 radical (unpaired) electrons. The van der Waals surface area contributed by atoms with Crippen LogP contribution >= 0.6 is 0 Å². The van der Waals surface area contributed by atoms with Crippen molar-refractivity contribution in [2.75, 3.05) is 13.2 Å². The molecule has 1 atom stereocenters. The van der Waals surface area contributed by atoms with Gasteiger partial charge in [0.1, 0.15) is 13.2 Å². The smallest absolute Gasteiger partial charge is 0.306 e. The van der Waals surface area contributed by atoms with Gasteiger partial charge in [-0.3, -0.25) is 14.4 Å². The van der Waals surface area contributed by atoms with E-state index in [-0.39, 0.29) is 31.1 Å². The molecule has 63 heavy (non-hydrogen) atoms. The van der Waals surface area contributed by atoms with Gasteiger partial charge in [0, 0.05) is 19.3 Å². The normalized spacial score (nSPS) is 13.1. The van der Waals surface area contributed by atoms with Crippen LogP contribution in [0.1, 0.15) is 201 Å². The van der Waals surface area contributed by atoms with E-state index >= 15 is 0 Å². The Morgan fingerprint density at radius 1 is 0.333 bits per heavy atom. The maximum atomic E-state index is 12.7. The van der Waals surface area contributed by atoms with Crippen LogP contribution in [0.4, 0.5) is 0 Å². The molecular weight excluding hydrogens is 781 g/mol. The van der Waals surface area contributed by atoms with Crippen LogP contribution in [0.25, 0.3) is 0 Å². The van der Waals surface area contributed by atoms with Crippen molar-refractivity contribution >= 4 is 17.9 Å². The number of carbonyl (C=O) groups is 3. The molecule has 6 nitrogen and oxygen atoms in total. The summed E-state index contributed by atoms with van der Waals surface area (Å²) in [6.45, 7) is 6.26. The van der Waals surface area contributed by atoms with Crippen LogP contribution in [0.15, 0.2) is 122 Å². The van der Waals surface area contributed by atoms with Crippen molar-refractivity contribution in [3.05, 3.63) is 122 Å². The van der Waals surface area contributed by atoms with Crippen molar-refractivity contribution in [2.45, 2.75) is 207 Å². The zero-order valence-corrected chi connectivity index (χ0v) is 40.3. The standard InChI is InChI=1S/C57H90O6/c1-4-7-10-13-15-17-19-21-23-24-25-26-27-28-29-30-31-32-34-35-37-39-41-44-47-50-56(59)62-53-54(52-61-55(58)49-46-43-12-9-6-3)63-57(60)51-48-45-42-40-38-36-33-22-20-18-16-14-11-8-5-2/h7-8,10-11,15-18,21-23,25-26,28-29,31-33,35,37,54H,4-6,9,12-14,19-20,24,27,30,34,36,38-53H2,1-3H3/b10-7-,11-8-,17-15-,18-16-,23-21-,26-25-,29-28-,32-31-,33-22-,37-35-. The summed E-state index contributed by atoms with van der Waals surface area (Å²) in [5.41, 5.74) is 0. The first-order valence-corrected chi connectivity index (χ1v) is 25.0. The molecule has 6 heteroatoms. The number of carbonyl (C=O) groups excluding carboxylic acids is 3. The number of esters is 3. The molecule has 0 saturated carbocycles. The van der Waals surface area contributed by atoms with Crippen LogP contribution in [0.3, 0.4) is 0 Å². The lowest BCUT2D eigenvalue weighted by Gasteiger charge is -2.18. The monoisotopic (exact) mass is 871 g/mol. The summed E-state index contributed by atoms with van der Waals surface area (Å²) in [6.07, 6.45) is 69.3. The summed E-state index contributed by atoms with van der Waals surface area (Å²) in [5, 5.41) is 0. The summed E-state index contributed by atoms with van der Waals surface area (Å²) in [7, 11) is 0. The molecule has 0 aliphatic heterocycles. The molecule has 0 N–H and O–H groups in total. The van der Waals surface area contributed by atoms with Gasteiger partial charge in [0.15, 0.2) is 6.10 Å². The second kappa shape index (κ2) is 50.5. The molecule has 1 unspecified atom stereocenters. The quantitative estimate of drug-likeness (QED) is 0.0263. The molecule has 0 aromatic rings. The van der Waals surface area contributed by atoms with E-state index in [1.54, 1.807) is 0 Å². The SMILES string of the molecule is CC/C=C\C/C=C\C/C=C\C/C=C\C/C=C\C/C=C\C/C=C\CCCCCC(=O)OCC(COC(=O)CCCCCCC)OC(=O)CCCCCCC/C=C\C/C=C\C/C=C\CC. The molecular formula is C57H90O6. The predicted octanol–water partition coefficient (Wildman–Crippen LogP) is 16.5. The van der Waals surface area contributed by atoms with Crippen molar-refractivity contribution < 1.29 is 28.6 Å². The second-order valence-corrected chi connectivity index (χ2v) is 16.0. The summed E-state index contributed by atoms with van der Waals surface area (Å²) in [5.74, 6) is -0.976. The van der Waals surface area contributed by atoms with Crippen LogP contribution in [-0.2, 0) is 28.6 Å². The molecule has 354 valence electrons. The fourth-order valence-electron chi connectivity index (χ4n) is 6.26. The Hall–Kier alpha value is -4.19. The number of unbranched alkanes of at least 4 members (excludes halogenated alkanes) is 12. The van der Waals surface area contributed by atoms with Gasteiger partial charge in [0.2, 0.25) is 0 Å². The number of ether oxygens (including phenoxy) is 3. The lowest BCUT2D eigenvalue weighted by molar-refractivity contribution is -0.167. The zero-order valence-electron chi connectivity index (χ0n) is 40.3. The molecule has 0 aromatic heterocycles. The summed E-state index contributed by atoms with van der Waals surface area (Å²) in [4.78, 5) is 37.6. The maximum absolute atomic E-state index is 12.7. The first kappa shape index (κ1) is 58.8. The molecule has 0 heterocycles. The highest BCUT2D eigenvalue weighted by molar-refractivity contribution is 5.71. The summed E-state index contributed by atoms with van der Waals surface area (Å²) in [6, 6.07) is 0. The van der Waals surface area contributed by atoms with Crippen molar-refractivity contribution in [2.24, 2.45) is 0 Å². The van der Waals surface area contributed by atoms with E-state index in [2.05, 4.69) is 142 Å². The molecule has 0 aromatic carbocycles. The molecule has 0 aliphatic carbocycles. The Morgan fingerprint density at radius 2 is 0.619 bits per heavy atom. The van der Waals surface area contributed by atoms with E-state index < -0.39 is 6.10 Å². The van der Waals surface area contributed by atoms with Gasteiger partial charge >= 0.3 is 17.9 Å². The Morgan fingerprint density at radius 3 is 0.984 bits per heavy atom. The highest BCUT2D eigenvalue weighted by Gasteiger charge is 2.19. The van der Waals surface area contributed by atoms with Crippen LogP contribution < -0.4 is 0 Å². The van der Waals surface area contributed by atoms with E-state index in [0.717, 1.165) is 161 Å². The Kier molecular flexibility index (Phi) is 47.1. The Balaban J connectivity index is 4.28. The predicted molar refractivity (Wildman–Crippen MR) is 269 cm³/mol. The van der Waals surface area contributed by atoms with Gasteiger partial charge in [-0.05, 0) is 109 Å². The molecule has 0 rings (SSSR count). The van der Waals surface area contributed by atoms with Gasteiger partial charge in [0.25, 0.3) is 0 Å². The van der Waals surface area contributed by atoms with Gasteiger partial charge < -0.3 is 14.2 Å². The zero-order chi connectivity index (χ0) is 45.8. The van der Waals surface area contributed by atoms with Gasteiger partial charge in [-0.1, -0.05) is 194 Å². The number of rotatable bonds is 43. The van der Waals surface area contributed by atoms with Crippen molar-refractivity contribution in [1.29, 1.82) is 0 Å². The number of hydrogen-bond donors (Lipinski definition) is 0. The molecule has 0 bridgehead atoms. The average Bonchev–Trinajstić information content (AvgIpc) is 3.28. The Labute approximate surface area is 386 Å². The van der Waals surface area contributed by atoms with E-state index in [1.165, 1.54) is 0 Å². The van der Waals surface area contributed by atoms with Gasteiger partial charge in [-0.25, -0.2) is 0 Å². The fourth-order valence-corrected chi connectivity index (χ4v) is 6.26. The molecule has 0 spiro atoms. The first-order chi connectivity index (χ1) is 31.0. The second-order valence-electron chi connectivity index (χ2n) is 16.0. The van der Waals surface area contributed by atoms with Crippen LogP contribution in [-0.4, -0.2) is 37.2 Å². The number of allylic oxidation sites excluding steroid dienone is 20. The van der Waals surface area contributed by atoms with Crippen molar-refractivity contribution in [3.63, 3.8) is 0 Å². The van der Waals surface area contributed by atoms with E-state index in [1.807, 2.05) is 0 Å². The largest absolute Gasteiger partial charge is 0.462 e.